The summed E-state index contributed by atoms with van der Waals surface area (Å²) in [7, 11) is 0. The summed E-state index contributed by atoms with van der Waals surface area (Å²) in [6, 6.07) is 16.9. The molecule has 0 unspecified atom stereocenters. The van der Waals surface area contributed by atoms with Gasteiger partial charge >= 0.3 is 0 Å². The zero-order chi connectivity index (χ0) is 16.5. The van der Waals surface area contributed by atoms with Gasteiger partial charge in [0.05, 0.1) is 12.2 Å². The first-order valence-electron chi connectivity index (χ1n) is 8.51. The molecular weight excluding hydrogens is 296 g/mol. The second kappa shape index (κ2) is 6.01. The van der Waals surface area contributed by atoms with Crippen molar-refractivity contribution in [3.8, 4) is 6.07 Å². The number of aromatic nitrogens is 2. The third-order valence-corrected chi connectivity index (χ3v) is 5.07. The minimum Gasteiger partial charge on any atom is -0.383 e. The number of hydrogen-bond donors (Lipinski definition) is 1. The fraction of sp³-hybridized carbons (Fsp3) is 0.300. The number of nitrogens with zero attached hydrogens (tertiary/aromatic N) is 3. The zero-order valence-electron chi connectivity index (χ0n) is 13.6. The van der Waals surface area contributed by atoms with Gasteiger partial charge in [-0.1, -0.05) is 55.3 Å². The highest BCUT2D eigenvalue weighted by Crippen LogP contribution is 2.36. The van der Waals surface area contributed by atoms with Gasteiger partial charge in [-0.15, -0.1) is 0 Å². The molecule has 1 fully saturated rings. The third kappa shape index (κ3) is 2.43. The lowest BCUT2D eigenvalue weighted by Crippen LogP contribution is -2.07. The predicted octanol–water partition coefficient (Wildman–Crippen LogP) is 4.20. The van der Waals surface area contributed by atoms with E-state index < -0.39 is 0 Å². The molecule has 0 atom stereocenters. The second-order valence-corrected chi connectivity index (χ2v) is 6.53. The Morgan fingerprint density at radius 2 is 1.88 bits per heavy atom. The van der Waals surface area contributed by atoms with Gasteiger partial charge in [0.1, 0.15) is 17.5 Å². The van der Waals surface area contributed by atoms with Gasteiger partial charge < -0.3 is 5.73 Å². The molecule has 2 aromatic carbocycles. The average Bonchev–Trinajstić information content (AvgIpc) is 3.24. The quantitative estimate of drug-likeness (QED) is 0.787. The van der Waals surface area contributed by atoms with Crippen LogP contribution in [-0.2, 0) is 6.54 Å². The lowest BCUT2D eigenvalue weighted by atomic mass is 10.0. The number of fused-ring (bicyclic) bond motifs is 1. The first-order valence-corrected chi connectivity index (χ1v) is 8.51. The summed E-state index contributed by atoms with van der Waals surface area (Å²) in [5.74, 6) is 0.878. The first kappa shape index (κ1) is 14.8. The topological polar surface area (TPSA) is 67.6 Å². The second-order valence-electron chi connectivity index (χ2n) is 6.53. The molecule has 0 amide bonds. The Labute approximate surface area is 141 Å². The van der Waals surface area contributed by atoms with Gasteiger partial charge in [-0.25, -0.2) is 4.68 Å². The van der Waals surface area contributed by atoms with Gasteiger partial charge in [0, 0.05) is 5.92 Å². The van der Waals surface area contributed by atoms with Crippen molar-refractivity contribution in [1.82, 2.24) is 9.78 Å². The maximum absolute atomic E-state index is 9.53. The van der Waals surface area contributed by atoms with E-state index in [0.717, 1.165) is 18.5 Å². The maximum atomic E-state index is 9.53. The molecule has 0 bridgehead atoms. The number of hydrogen-bond acceptors (Lipinski definition) is 3. The fourth-order valence-corrected chi connectivity index (χ4v) is 3.81. The summed E-state index contributed by atoms with van der Waals surface area (Å²) in [5.41, 5.74) is 8.89. The number of nitriles is 1. The molecule has 1 aliphatic carbocycles. The van der Waals surface area contributed by atoms with Crippen LogP contribution in [0.2, 0.25) is 0 Å². The normalized spacial score (nSPS) is 15.0. The molecule has 0 saturated heterocycles. The SMILES string of the molecule is N#Cc1c(C2CCCC2)nn(Cc2cccc3ccccc23)c1N. The molecule has 0 radical (unpaired) electrons. The van der Waals surface area contributed by atoms with Crippen molar-refractivity contribution in [3.63, 3.8) is 0 Å². The molecule has 0 spiro atoms. The van der Waals surface area contributed by atoms with Gasteiger partial charge in [0.2, 0.25) is 0 Å². The lowest BCUT2D eigenvalue weighted by Gasteiger charge is -2.08. The summed E-state index contributed by atoms with van der Waals surface area (Å²) in [6.45, 7) is 0.592. The van der Waals surface area contributed by atoms with E-state index in [0.29, 0.717) is 23.8 Å². The minimum absolute atomic E-state index is 0.385. The molecule has 4 nitrogen and oxygen atoms in total. The Hall–Kier alpha value is -2.80. The number of anilines is 1. The number of benzene rings is 2. The Balaban J connectivity index is 1.75. The van der Waals surface area contributed by atoms with Crippen molar-refractivity contribution in [1.29, 1.82) is 5.26 Å². The summed E-state index contributed by atoms with van der Waals surface area (Å²) >= 11 is 0. The number of rotatable bonds is 3. The molecule has 120 valence electrons. The van der Waals surface area contributed by atoms with Gasteiger partial charge in [-0.3, -0.25) is 0 Å². The third-order valence-electron chi connectivity index (χ3n) is 5.07. The highest BCUT2D eigenvalue weighted by Gasteiger charge is 2.26. The van der Waals surface area contributed by atoms with E-state index in [9.17, 15) is 5.26 Å². The molecule has 1 saturated carbocycles. The molecule has 4 rings (SSSR count). The minimum atomic E-state index is 0.385. The van der Waals surface area contributed by atoms with Crippen LogP contribution in [0.4, 0.5) is 5.82 Å². The van der Waals surface area contributed by atoms with Crippen LogP contribution in [0.5, 0.6) is 0 Å². The Kier molecular flexibility index (Phi) is 3.70. The highest BCUT2D eigenvalue weighted by atomic mass is 15.3. The Morgan fingerprint density at radius 3 is 2.67 bits per heavy atom. The Bertz CT molecular complexity index is 921. The van der Waals surface area contributed by atoms with Gasteiger partial charge in [0.25, 0.3) is 0 Å². The van der Waals surface area contributed by atoms with Crippen LogP contribution in [-0.4, -0.2) is 9.78 Å². The highest BCUT2D eigenvalue weighted by molar-refractivity contribution is 5.85. The van der Waals surface area contributed by atoms with Crippen LogP contribution >= 0.6 is 0 Å². The van der Waals surface area contributed by atoms with Crippen molar-refractivity contribution < 1.29 is 0 Å². The van der Waals surface area contributed by atoms with Crippen LogP contribution in [0.15, 0.2) is 42.5 Å². The number of nitrogens with two attached hydrogens (primary N) is 1. The summed E-state index contributed by atoms with van der Waals surface area (Å²) in [6.07, 6.45) is 4.65. The van der Waals surface area contributed by atoms with E-state index in [2.05, 4.69) is 36.4 Å². The number of nitrogen functional groups attached to an aromatic ring is 1. The molecule has 1 aromatic heterocycles. The van der Waals surface area contributed by atoms with Crippen LogP contribution in [0.3, 0.4) is 0 Å². The Morgan fingerprint density at radius 1 is 1.12 bits per heavy atom. The van der Waals surface area contributed by atoms with Gasteiger partial charge in [0.15, 0.2) is 0 Å². The zero-order valence-corrected chi connectivity index (χ0v) is 13.6. The average molecular weight is 316 g/mol. The summed E-state index contributed by atoms with van der Waals surface area (Å²) < 4.78 is 1.80. The predicted molar refractivity (Wildman–Crippen MR) is 95.6 cm³/mol. The standard InChI is InChI=1S/C20H20N4/c21-12-18-19(15-7-1-2-8-15)23-24(20(18)22)13-16-10-5-9-14-6-3-4-11-17(14)16/h3-6,9-11,15H,1-2,7-8,13,22H2. The molecular formula is C20H20N4. The molecule has 4 heteroatoms. The molecule has 1 heterocycles. The van der Waals surface area contributed by atoms with Crippen molar-refractivity contribution in [2.75, 3.05) is 5.73 Å². The van der Waals surface area contributed by atoms with Gasteiger partial charge in [-0.2, -0.15) is 10.4 Å². The van der Waals surface area contributed by atoms with Crippen LogP contribution in [0.1, 0.15) is 48.4 Å². The monoisotopic (exact) mass is 316 g/mol. The first-order chi connectivity index (χ1) is 11.8. The molecule has 1 aliphatic rings. The maximum Gasteiger partial charge on any atom is 0.140 e. The smallest absolute Gasteiger partial charge is 0.140 e. The van der Waals surface area contributed by atoms with E-state index >= 15 is 0 Å². The fourth-order valence-electron chi connectivity index (χ4n) is 3.81. The van der Waals surface area contributed by atoms with E-state index in [1.54, 1.807) is 4.68 Å². The van der Waals surface area contributed by atoms with Crippen molar-refractivity contribution in [2.45, 2.75) is 38.1 Å². The van der Waals surface area contributed by atoms with Crippen molar-refractivity contribution >= 4 is 16.6 Å². The van der Waals surface area contributed by atoms with Crippen molar-refractivity contribution in [2.24, 2.45) is 0 Å². The van der Waals surface area contributed by atoms with Crippen molar-refractivity contribution in [3.05, 3.63) is 59.3 Å². The van der Waals surface area contributed by atoms with Crippen LogP contribution < -0.4 is 5.73 Å². The van der Waals surface area contributed by atoms with Gasteiger partial charge in [-0.05, 0) is 29.2 Å². The van der Waals surface area contributed by atoms with E-state index in [4.69, 9.17) is 10.8 Å². The van der Waals surface area contributed by atoms with Crippen LogP contribution in [0, 0.1) is 11.3 Å². The lowest BCUT2D eigenvalue weighted by molar-refractivity contribution is 0.634. The summed E-state index contributed by atoms with van der Waals surface area (Å²) in [5, 5.41) is 16.7. The molecule has 24 heavy (non-hydrogen) atoms. The van der Waals surface area contributed by atoms with E-state index in [-0.39, 0.29) is 0 Å². The van der Waals surface area contributed by atoms with E-state index in [1.165, 1.54) is 29.2 Å². The molecule has 3 aromatic rings. The molecule has 2 N–H and O–H groups in total. The van der Waals surface area contributed by atoms with E-state index in [1.807, 2.05) is 12.1 Å². The summed E-state index contributed by atoms with van der Waals surface area (Å²) in [4.78, 5) is 0. The largest absolute Gasteiger partial charge is 0.383 e. The van der Waals surface area contributed by atoms with Crippen LogP contribution in [0.25, 0.3) is 10.8 Å². The molecule has 0 aliphatic heterocycles.